The number of nitrogens with two attached hydrogens (primary N) is 1. The summed E-state index contributed by atoms with van der Waals surface area (Å²) < 4.78 is 0. The molecule has 1 heterocycles. The van der Waals surface area contributed by atoms with E-state index in [2.05, 4.69) is 10.1 Å². The van der Waals surface area contributed by atoms with Crippen LogP contribution in [0.25, 0.3) is 0 Å². The largest absolute Gasteiger partial charge is 0.409 e. The monoisotopic (exact) mass is 211 g/mol. The molecule has 0 radical (unpaired) electrons. The molecule has 76 valence electrons. The van der Waals surface area contributed by atoms with Crippen LogP contribution in [-0.2, 0) is 0 Å². The van der Waals surface area contributed by atoms with Crippen molar-refractivity contribution in [2.75, 3.05) is 6.26 Å². The lowest BCUT2D eigenvalue weighted by molar-refractivity contribution is 0.318. The molecule has 0 saturated carbocycles. The van der Waals surface area contributed by atoms with E-state index in [1.807, 2.05) is 26.2 Å². The molecular formula is C9H13N3OS. The van der Waals surface area contributed by atoms with Gasteiger partial charge in [-0.3, -0.25) is 0 Å². The smallest absolute Gasteiger partial charge is 0.173 e. The first-order valence-corrected chi connectivity index (χ1v) is 5.32. The average molecular weight is 211 g/mol. The molecule has 5 heteroatoms. The van der Waals surface area contributed by atoms with Crippen LogP contribution in [0.3, 0.4) is 0 Å². The molecule has 0 aliphatic heterocycles. The first-order valence-electron chi connectivity index (χ1n) is 4.10. The number of aryl methyl sites for hydroxylation is 2. The Kier molecular flexibility index (Phi) is 3.35. The van der Waals surface area contributed by atoms with Gasteiger partial charge in [0.2, 0.25) is 0 Å². The van der Waals surface area contributed by atoms with Crippen LogP contribution in [0.4, 0.5) is 0 Å². The molecule has 1 rings (SSSR count). The van der Waals surface area contributed by atoms with Crippen molar-refractivity contribution < 1.29 is 5.21 Å². The van der Waals surface area contributed by atoms with Gasteiger partial charge in [0.05, 0.1) is 5.56 Å². The van der Waals surface area contributed by atoms with Crippen molar-refractivity contribution in [2.45, 2.75) is 18.9 Å². The van der Waals surface area contributed by atoms with Crippen molar-refractivity contribution >= 4 is 17.6 Å². The Morgan fingerprint density at radius 1 is 1.57 bits per heavy atom. The Hall–Kier alpha value is -1.23. The Bertz CT molecular complexity index is 377. The van der Waals surface area contributed by atoms with Gasteiger partial charge in [-0.15, -0.1) is 11.8 Å². The predicted octanol–water partition coefficient (Wildman–Crippen LogP) is 1.51. The summed E-state index contributed by atoms with van der Waals surface area (Å²) in [5.74, 6) is 0.111. The van der Waals surface area contributed by atoms with Crippen molar-refractivity contribution in [2.24, 2.45) is 10.9 Å². The highest BCUT2D eigenvalue weighted by atomic mass is 32.2. The number of nitrogens with zero attached hydrogens (tertiary/aromatic N) is 2. The zero-order valence-corrected chi connectivity index (χ0v) is 9.22. The normalized spacial score (nSPS) is 11.8. The fourth-order valence-electron chi connectivity index (χ4n) is 1.31. The second-order valence-electron chi connectivity index (χ2n) is 2.95. The molecule has 0 spiro atoms. The molecule has 0 atom stereocenters. The summed E-state index contributed by atoms with van der Waals surface area (Å²) in [7, 11) is 0. The van der Waals surface area contributed by atoms with Crippen LogP contribution in [0.2, 0.25) is 0 Å². The number of hydrogen-bond donors (Lipinski definition) is 2. The molecule has 1 aromatic heterocycles. The molecule has 0 bridgehead atoms. The van der Waals surface area contributed by atoms with Crippen LogP contribution in [0.5, 0.6) is 0 Å². The van der Waals surface area contributed by atoms with Crippen LogP contribution >= 0.6 is 11.8 Å². The minimum atomic E-state index is 0.111. The fraction of sp³-hybridized carbons (Fsp3) is 0.333. The molecule has 0 aliphatic rings. The third-order valence-corrected chi connectivity index (χ3v) is 2.55. The van der Waals surface area contributed by atoms with Crippen molar-refractivity contribution in [3.63, 3.8) is 0 Å². The lowest BCUT2D eigenvalue weighted by Crippen LogP contribution is -2.17. The van der Waals surface area contributed by atoms with E-state index in [1.165, 1.54) is 11.8 Å². The van der Waals surface area contributed by atoms with Crippen molar-refractivity contribution in [1.29, 1.82) is 0 Å². The molecule has 0 amide bonds. The highest BCUT2D eigenvalue weighted by Gasteiger charge is 2.11. The standard InChI is InChI=1S/C9H13N3OS/c1-5-4-6(2)11-9(14-3)7(5)8(10)12-13/h4,13H,1-3H3,(H2,10,12). The van der Waals surface area contributed by atoms with E-state index in [0.717, 1.165) is 16.3 Å². The molecule has 14 heavy (non-hydrogen) atoms. The quantitative estimate of drug-likeness (QED) is 0.256. The number of hydrogen-bond acceptors (Lipinski definition) is 4. The summed E-state index contributed by atoms with van der Waals surface area (Å²) in [6, 6.07) is 1.91. The van der Waals surface area contributed by atoms with Gasteiger partial charge in [-0.2, -0.15) is 0 Å². The maximum atomic E-state index is 8.63. The van der Waals surface area contributed by atoms with Crippen LogP contribution in [0, 0.1) is 13.8 Å². The number of oxime groups is 1. The van der Waals surface area contributed by atoms with Gasteiger partial charge in [0.15, 0.2) is 5.84 Å². The summed E-state index contributed by atoms with van der Waals surface area (Å²) in [6.45, 7) is 3.84. The van der Waals surface area contributed by atoms with E-state index in [-0.39, 0.29) is 5.84 Å². The maximum Gasteiger partial charge on any atom is 0.173 e. The van der Waals surface area contributed by atoms with E-state index in [1.54, 1.807) is 0 Å². The van der Waals surface area contributed by atoms with Crippen LogP contribution in [0.15, 0.2) is 16.2 Å². The Balaban J connectivity index is 3.40. The molecule has 0 unspecified atom stereocenters. The van der Waals surface area contributed by atoms with Crippen molar-refractivity contribution in [1.82, 2.24) is 4.98 Å². The number of amidine groups is 1. The number of pyridine rings is 1. The minimum Gasteiger partial charge on any atom is -0.409 e. The first-order chi connectivity index (χ1) is 6.60. The van der Waals surface area contributed by atoms with Crippen molar-refractivity contribution in [3.05, 3.63) is 22.9 Å². The summed E-state index contributed by atoms with van der Waals surface area (Å²) in [6.07, 6.45) is 1.91. The van der Waals surface area contributed by atoms with Crippen LogP contribution < -0.4 is 5.73 Å². The number of thioether (sulfide) groups is 1. The molecule has 0 saturated heterocycles. The SMILES string of the molecule is CSc1nc(C)cc(C)c1C(N)=NO. The Morgan fingerprint density at radius 3 is 2.71 bits per heavy atom. The lowest BCUT2D eigenvalue weighted by atomic mass is 10.1. The lowest BCUT2D eigenvalue weighted by Gasteiger charge is -2.09. The molecule has 3 N–H and O–H groups in total. The predicted molar refractivity (Wildman–Crippen MR) is 58.0 cm³/mol. The summed E-state index contributed by atoms with van der Waals surface area (Å²) in [5.41, 5.74) is 8.18. The summed E-state index contributed by atoms with van der Waals surface area (Å²) in [5, 5.41) is 12.4. The third-order valence-electron chi connectivity index (χ3n) is 1.87. The highest BCUT2D eigenvalue weighted by molar-refractivity contribution is 7.98. The number of aromatic nitrogens is 1. The highest BCUT2D eigenvalue weighted by Crippen LogP contribution is 2.21. The fourth-order valence-corrected chi connectivity index (χ4v) is 2.02. The van der Waals surface area contributed by atoms with Gasteiger partial charge in [-0.25, -0.2) is 4.98 Å². The Morgan fingerprint density at radius 2 is 2.21 bits per heavy atom. The van der Waals surface area contributed by atoms with Crippen molar-refractivity contribution in [3.8, 4) is 0 Å². The zero-order valence-electron chi connectivity index (χ0n) is 8.40. The van der Waals surface area contributed by atoms with Gasteiger partial charge in [0.1, 0.15) is 5.03 Å². The van der Waals surface area contributed by atoms with Gasteiger partial charge in [-0.05, 0) is 31.7 Å². The van der Waals surface area contributed by atoms with E-state index in [9.17, 15) is 0 Å². The maximum absolute atomic E-state index is 8.63. The van der Waals surface area contributed by atoms with Gasteiger partial charge in [0, 0.05) is 5.69 Å². The summed E-state index contributed by atoms with van der Waals surface area (Å²) in [4.78, 5) is 4.31. The van der Waals surface area contributed by atoms with E-state index >= 15 is 0 Å². The van der Waals surface area contributed by atoms with E-state index in [4.69, 9.17) is 10.9 Å². The molecule has 1 aromatic rings. The second-order valence-corrected chi connectivity index (χ2v) is 3.74. The average Bonchev–Trinajstić information content (AvgIpc) is 2.15. The minimum absolute atomic E-state index is 0.111. The molecular weight excluding hydrogens is 198 g/mol. The van der Waals surface area contributed by atoms with Gasteiger partial charge < -0.3 is 10.9 Å². The molecule has 0 fully saturated rings. The van der Waals surface area contributed by atoms with Crippen LogP contribution in [-0.4, -0.2) is 22.3 Å². The summed E-state index contributed by atoms with van der Waals surface area (Å²) >= 11 is 1.48. The van der Waals surface area contributed by atoms with E-state index < -0.39 is 0 Å². The first kappa shape index (κ1) is 10.8. The Labute approximate surface area is 87.2 Å². The molecule has 0 aromatic carbocycles. The van der Waals surface area contributed by atoms with Crippen LogP contribution in [0.1, 0.15) is 16.8 Å². The zero-order chi connectivity index (χ0) is 10.7. The number of rotatable bonds is 2. The molecule has 0 aliphatic carbocycles. The van der Waals surface area contributed by atoms with Gasteiger partial charge >= 0.3 is 0 Å². The van der Waals surface area contributed by atoms with Gasteiger partial charge in [-0.1, -0.05) is 5.16 Å². The topological polar surface area (TPSA) is 71.5 Å². The molecule has 4 nitrogen and oxygen atoms in total. The van der Waals surface area contributed by atoms with E-state index in [0.29, 0.717) is 5.56 Å². The third kappa shape index (κ3) is 1.98. The van der Waals surface area contributed by atoms with Gasteiger partial charge in [0.25, 0.3) is 0 Å². The second kappa shape index (κ2) is 4.32.